The molecule has 0 saturated carbocycles. The third-order valence-electron chi connectivity index (χ3n) is 4.56. The monoisotopic (exact) mass is 396 g/mol. The number of anilines is 3. The Hall–Kier alpha value is -3.99. The fourth-order valence-electron chi connectivity index (χ4n) is 3.19. The van der Waals surface area contributed by atoms with Gasteiger partial charge in [-0.25, -0.2) is 14.4 Å². The molecule has 148 valence electrons. The van der Waals surface area contributed by atoms with E-state index in [-0.39, 0.29) is 36.2 Å². The predicted octanol–water partition coefficient (Wildman–Crippen LogP) is 1.70. The fraction of sp³-hybridized carbons (Fsp3) is 0.333. The van der Waals surface area contributed by atoms with Crippen molar-refractivity contribution in [1.29, 1.82) is 10.5 Å². The van der Waals surface area contributed by atoms with Crippen LogP contribution in [0.15, 0.2) is 30.6 Å². The molecule has 0 radical (unpaired) electrons. The first-order valence-electron chi connectivity index (χ1n) is 8.79. The van der Waals surface area contributed by atoms with E-state index in [1.807, 2.05) is 12.1 Å². The number of hydrogen-bond acceptors (Lipinski definition) is 9. The van der Waals surface area contributed by atoms with E-state index >= 15 is 0 Å². The summed E-state index contributed by atoms with van der Waals surface area (Å²) in [6, 6.07) is 9.94. The van der Waals surface area contributed by atoms with Crippen molar-refractivity contribution in [1.82, 2.24) is 9.97 Å². The average Bonchev–Trinajstić information content (AvgIpc) is 2.73. The maximum Gasteiger partial charge on any atom is 0.353 e. The van der Waals surface area contributed by atoms with Gasteiger partial charge in [-0.15, -0.1) is 0 Å². The molecular weight excluding hydrogens is 379 g/mol. The molecule has 0 N–H and O–H groups in total. The van der Waals surface area contributed by atoms with E-state index in [1.165, 1.54) is 23.4 Å². The molecule has 2 heterocycles. The smallest absolute Gasteiger partial charge is 0.353 e. The lowest BCUT2D eigenvalue weighted by molar-refractivity contribution is -0.383. The second-order valence-corrected chi connectivity index (χ2v) is 6.25. The molecule has 1 aromatic heterocycles. The molecule has 10 nitrogen and oxygen atoms in total. The van der Waals surface area contributed by atoms with Crippen LogP contribution in [0.5, 0.6) is 0 Å². The number of rotatable bonds is 6. The predicted molar refractivity (Wildman–Crippen MR) is 103 cm³/mol. The second kappa shape index (κ2) is 8.80. The Morgan fingerprint density at radius 2 is 1.66 bits per heavy atom. The number of piperazine rings is 1. The number of nitriles is 2. The number of benzene rings is 1. The third kappa shape index (κ3) is 4.30. The maximum absolute atomic E-state index is 13.1. The van der Waals surface area contributed by atoms with Gasteiger partial charge < -0.3 is 14.7 Å². The van der Waals surface area contributed by atoms with Crippen molar-refractivity contribution in [3.8, 4) is 12.1 Å². The molecule has 1 aromatic carbocycles. The van der Waals surface area contributed by atoms with Crippen LogP contribution in [-0.2, 0) is 0 Å². The third-order valence-corrected chi connectivity index (χ3v) is 4.56. The van der Waals surface area contributed by atoms with Gasteiger partial charge in [-0.3, -0.25) is 10.1 Å². The van der Waals surface area contributed by atoms with Crippen LogP contribution in [0.1, 0.15) is 0 Å². The minimum absolute atomic E-state index is 0.0518. The molecule has 1 aliphatic heterocycles. The summed E-state index contributed by atoms with van der Waals surface area (Å²) in [6.45, 7) is 1.66. The number of aromatic nitrogens is 2. The molecule has 0 aliphatic carbocycles. The van der Waals surface area contributed by atoms with Crippen molar-refractivity contribution >= 4 is 23.0 Å². The Morgan fingerprint density at radius 1 is 1.07 bits per heavy atom. The number of hydrogen-bond donors (Lipinski definition) is 0. The van der Waals surface area contributed by atoms with Crippen molar-refractivity contribution < 1.29 is 9.31 Å². The van der Waals surface area contributed by atoms with Crippen LogP contribution >= 0.6 is 0 Å². The average molecular weight is 396 g/mol. The van der Waals surface area contributed by atoms with E-state index in [9.17, 15) is 14.5 Å². The van der Waals surface area contributed by atoms with Crippen LogP contribution in [-0.4, -0.2) is 54.2 Å². The lowest BCUT2D eigenvalue weighted by Gasteiger charge is -2.36. The van der Waals surface area contributed by atoms with Gasteiger partial charge in [-0.2, -0.15) is 10.5 Å². The quantitative estimate of drug-likeness (QED) is 0.407. The Balaban J connectivity index is 1.85. The van der Waals surface area contributed by atoms with Gasteiger partial charge in [0, 0.05) is 31.9 Å². The molecule has 29 heavy (non-hydrogen) atoms. The summed E-state index contributed by atoms with van der Waals surface area (Å²) in [7, 11) is 0. The maximum atomic E-state index is 13.1. The van der Waals surface area contributed by atoms with Gasteiger partial charge in [0.15, 0.2) is 0 Å². The Bertz CT molecular complexity index is 945. The first kappa shape index (κ1) is 19.8. The van der Waals surface area contributed by atoms with Crippen LogP contribution in [0.2, 0.25) is 0 Å². The Labute approximate surface area is 166 Å². The summed E-state index contributed by atoms with van der Waals surface area (Å²) in [5.74, 6) is -0.209. The van der Waals surface area contributed by atoms with Gasteiger partial charge in [0.2, 0.25) is 11.6 Å². The molecule has 0 unspecified atom stereocenters. The zero-order chi connectivity index (χ0) is 20.8. The largest absolute Gasteiger partial charge is 0.368 e. The molecule has 11 heteroatoms. The van der Waals surface area contributed by atoms with E-state index in [4.69, 9.17) is 10.5 Å². The normalized spacial score (nSPS) is 13.5. The molecule has 0 atom stereocenters. The van der Waals surface area contributed by atoms with E-state index < -0.39 is 4.92 Å². The van der Waals surface area contributed by atoms with Crippen LogP contribution in [0, 0.1) is 38.6 Å². The molecular formula is C18H17FN8O2. The highest BCUT2D eigenvalue weighted by atomic mass is 19.1. The summed E-state index contributed by atoms with van der Waals surface area (Å²) in [5.41, 5.74) is 0.548. The second-order valence-electron chi connectivity index (χ2n) is 6.25. The molecule has 1 saturated heterocycles. The molecule has 0 amide bonds. The molecule has 2 aromatic rings. The highest BCUT2D eigenvalue weighted by molar-refractivity contribution is 5.72. The topological polar surface area (TPSA) is 126 Å². The highest BCUT2D eigenvalue weighted by Gasteiger charge is 2.31. The summed E-state index contributed by atoms with van der Waals surface area (Å²) >= 11 is 0. The summed E-state index contributed by atoms with van der Waals surface area (Å²) in [5, 5.41) is 29.7. The highest BCUT2D eigenvalue weighted by Crippen LogP contribution is 2.34. The lowest BCUT2D eigenvalue weighted by Crippen LogP contribution is -2.47. The van der Waals surface area contributed by atoms with Crippen LogP contribution in [0.4, 0.5) is 27.4 Å². The molecule has 1 fully saturated rings. The Kier molecular flexibility index (Phi) is 6.00. The van der Waals surface area contributed by atoms with Crippen molar-refractivity contribution in [3.63, 3.8) is 0 Å². The summed E-state index contributed by atoms with van der Waals surface area (Å²) < 4.78 is 13.1. The summed E-state index contributed by atoms with van der Waals surface area (Å²) in [6.07, 6.45) is 1.20. The van der Waals surface area contributed by atoms with Crippen LogP contribution in [0.25, 0.3) is 0 Å². The van der Waals surface area contributed by atoms with Crippen molar-refractivity contribution in [2.24, 2.45) is 0 Å². The summed E-state index contributed by atoms with van der Waals surface area (Å²) in [4.78, 5) is 24.3. The van der Waals surface area contributed by atoms with Crippen molar-refractivity contribution in [2.75, 3.05) is 54.0 Å². The van der Waals surface area contributed by atoms with Crippen molar-refractivity contribution in [3.05, 3.63) is 46.5 Å². The molecule has 1 aliphatic rings. The molecule has 0 spiro atoms. The first-order chi connectivity index (χ1) is 14.0. The van der Waals surface area contributed by atoms with E-state index in [2.05, 4.69) is 14.9 Å². The van der Waals surface area contributed by atoms with Gasteiger partial charge in [-0.1, -0.05) is 0 Å². The van der Waals surface area contributed by atoms with Crippen molar-refractivity contribution in [2.45, 2.75) is 0 Å². The minimum atomic E-state index is -0.585. The van der Waals surface area contributed by atoms with E-state index in [0.717, 1.165) is 5.69 Å². The van der Waals surface area contributed by atoms with Gasteiger partial charge in [-0.05, 0) is 24.3 Å². The fourth-order valence-corrected chi connectivity index (χ4v) is 3.19. The molecule has 0 bridgehead atoms. The van der Waals surface area contributed by atoms with Crippen LogP contribution in [0.3, 0.4) is 0 Å². The molecule has 3 rings (SSSR count). The van der Waals surface area contributed by atoms with Crippen LogP contribution < -0.4 is 14.7 Å². The number of nitro groups is 1. The zero-order valence-corrected chi connectivity index (χ0v) is 15.4. The van der Waals surface area contributed by atoms with E-state index in [0.29, 0.717) is 26.2 Å². The number of nitrogens with zero attached hydrogens (tertiary/aromatic N) is 8. The number of halogens is 1. The minimum Gasteiger partial charge on any atom is -0.368 e. The SMILES string of the molecule is N#CCN(CC#N)c1ncnc(N2CCN(c3ccc(F)cc3)CC2)c1[N+](=O)[O-]. The van der Waals surface area contributed by atoms with E-state index in [1.54, 1.807) is 17.0 Å². The standard InChI is InChI=1S/C18H17FN8O2/c19-14-1-3-15(4-2-14)24-9-11-26(12-10-24)18-16(27(28)29)17(22-13-23-18)25(7-5-20)8-6-21/h1-4,13H,7-12H2. The lowest BCUT2D eigenvalue weighted by atomic mass is 10.2. The van der Waals surface area contributed by atoms with Gasteiger partial charge in [0.25, 0.3) is 0 Å². The van der Waals surface area contributed by atoms with Gasteiger partial charge in [0.05, 0.1) is 17.1 Å². The first-order valence-corrected chi connectivity index (χ1v) is 8.79. The van der Waals surface area contributed by atoms with Gasteiger partial charge in [0.1, 0.15) is 25.2 Å². The zero-order valence-electron chi connectivity index (χ0n) is 15.4. The Morgan fingerprint density at radius 3 is 2.21 bits per heavy atom. The van der Waals surface area contributed by atoms with Gasteiger partial charge >= 0.3 is 5.69 Å².